The Morgan fingerprint density at radius 1 is 1.47 bits per heavy atom. The fourth-order valence-corrected chi connectivity index (χ4v) is 1.92. The van der Waals surface area contributed by atoms with Crippen molar-refractivity contribution in [3.8, 4) is 5.75 Å². The van der Waals surface area contributed by atoms with Gasteiger partial charge >= 0.3 is 0 Å². The SMILES string of the molecule is COc1ccccc1NC(CN)CC(=O)NC1CC1. The molecule has 0 aromatic heterocycles. The molecule has 0 bridgehead atoms. The monoisotopic (exact) mass is 263 g/mol. The molecule has 0 heterocycles. The Morgan fingerprint density at radius 3 is 2.84 bits per heavy atom. The highest BCUT2D eigenvalue weighted by atomic mass is 16.5. The van der Waals surface area contributed by atoms with Gasteiger partial charge in [0.2, 0.25) is 5.91 Å². The summed E-state index contributed by atoms with van der Waals surface area (Å²) in [7, 11) is 1.62. The molecule has 1 saturated carbocycles. The van der Waals surface area contributed by atoms with Gasteiger partial charge in [0.05, 0.1) is 12.8 Å². The molecule has 1 amide bonds. The van der Waals surface area contributed by atoms with Gasteiger partial charge < -0.3 is 21.1 Å². The fourth-order valence-electron chi connectivity index (χ4n) is 1.92. The van der Waals surface area contributed by atoms with Crippen molar-refractivity contribution in [2.75, 3.05) is 19.0 Å². The number of nitrogens with one attached hydrogen (secondary N) is 2. The predicted molar refractivity (Wildman–Crippen MR) is 75.2 cm³/mol. The quantitative estimate of drug-likeness (QED) is 0.688. The summed E-state index contributed by atoms with van der Waals surface area (Å²) in [5.74, 6) is 0.809. The van der Waals surface area contributed by atoms with E-state index in [1.54, 1.807) is 7.11 Å². The molecule has 1 aliphatic carbocycles. The summed E-state index contributed by atoms with van der Waals surface area (Å²) in [6.45, 7) is 0.399. The molecule has 0 spiro atoms. The molecule has 0 radical (unpaired) electrons. The molecule has 1 atom stereocenters. The third-order valence-corrected chi connectivity index (χ3v) is 3.13. The minimum Gasteiger partial charge on any atom is -0.495 e. The number of methoxy groups -OCH3 is 1. The van der Waals surface area contributed by atoms with E-state index in [1.807, 2.05) is 24.3 Å². The maximum atomic E-state index is 11.8. The van der Waals surface area contributed by atoms with Gasteiger partial charge in [-0.05, 0) is 25.0 Å². The maximum Gasteiger partial charge on any atom is 0.222 e. The summed E-state index contributed by atoms with van der Waals surface area (Å²) in [5, 5.41) is 6.23. The van der Waals surface area contributed by atoms with E-state index in [0.29, 0.717) is 19.0 Å². The van der Waals surface area contributed by atoms with Gasteiger partial charge in [-0.3, -0.25) is 4.79 Å². The van der Waals surface area contributed by atoms with Gasteiger partial charge in [0.15, 0.2) is 0 Å². The zero-order valence-electron chi connectivity index (χ0n) is 11.2. The maximum absolute atomic E-state index is 11.8. The first-order chi connectivity index (χ1) is 9.22. The fraction of sp³-hybridized carbons (Fsp3) is 0.500. The van der Waals surface area contributed by atoms with E-state index in [2.05, 4.69) is 10.6 Å². The number of benzene rings is 1. The molecule has 5 heteroatoms. The van der Waals surface area contributed by atoms with Crippen LogP contribution in [-0.2, 0) is 4.79 Å². The van der Waals surface area contributed by atoms with Gasteiger partial charge in [0.1, 0.15) is 5.75 Å². The van der Waals surface area contributed by atoms with E-state index in [1.165, 1.54) is 0 Å². The van der Waals surface area contributed by atoms with Crippen molar-refractivity contribution in [2.45, 2.75) is 31.3 Å². The molecule has 1 aliphatic rings. The molecule has 5 nitrogen and oxygen atoms in total. The zero-order chi connectivity index (χ0) is 13.7. The summed E-state index contributed by atoms with van der Waals surface area (Å²) >= 11 is 0. The van der Waals surface area contributed by atoms with Crippen molar-refractivity contribution < 1.29 is 9.53 Å². The molecule has 0 saturated heterocycles. The van der Waals surface area contributed by atoms with Crippen molar-refractivity contribution in [1.29, 1.82) is 0 Å². The number of para-hydroxylation sites is 2. The van der Waals surface area contributed by atoms with Crippen LogP contribution in [0.5, 0.6) is 5.75 Å². The number of carbonyl (C=O) groups excluding carboxylic acids is 1. The third-order valence-electron chi connectivity index (χ3n) is 3.13. The van der Waals surface area contributed by atoms with Crippen molar-refractivity contribution in [1.82, 2.24) is 5.32 Å². The van der Waals surface area contributed by atoms with E-state index in [-0.39, 0.29) is 11.9 Å². The first kappa shape index (κ1) is 13.7. The molecule has 1 aromatic rings. The Balaban J connectivity index is 1.91. The van der Waals surface area contributed by atoms with Crippen molar-refractivity contribution in [2.24, 2.45) is 5.73 Å². The largest absolute Gasteiger partial charge is 0.495 e. The lowest BCUT2D eigenvalue weighted by atomic mass is 10.1. The molecule has 1 unspecified atom stereocenters. The van der Waals surface area contributed by atoms with Crippen LogP contribution in [0.3, 0.4) is 0 Å². The van der Waals surface area contributed by atoms with Gasteiger partial charge in [-0.15, -0.1) is 0 Å². The van der Waals surface area contributed by atoms with Crippen LogP contribution in [0.25, 0.3) is 0 Å². The van der Waals surface area contributed by atoms with Crippen molar-refractivity contribution in [3.05, 3.63) is 24.3 Å². The minimum absolute atomic E-state index is 0.0559. The standard InChI is InChI=1S/C14H21N3O2/c1-19-13-5-3-2-4-12(13)16-11(9-15)8-14(18)17-10-6-7-10/h2-5,10-11,16H,6-9,15H2,1H3,(H,17,18). The van der Waals surface area contributed by atoms with Crippen LogP contribution in [0.2, 0.25) is 0 Å². The van der Waals surface area contributed by atoms with Gasteiger partial charge in [-0.2, -0.15) is 0 Å². The number of hydrogen-bond acceptors (Lipinski definition) is 4. The Bertz CT molecular complexity index is 432. The van der Waals surface area contributed by atoms with Gasteiger partial charge in [-0.1, -0.05) is 12.1 Å². The minimum atomic E-state index is -0.0879. The van der Waals surface area contributed by atoms with E-state index >= 15 is 0 Å². The molecule has 19 heavy (non-hydrogen) atoms. The zero-order valence-corrected chi connectivity index (χ0v) is 11.2. The van der Waals surface area contributed by atoms with E-state index in [0.717, 1.165) is 24.3 Å². The Morgan fingerprint density at radius 2 is 2.21 bits per heavy atom. The Kier molecular flexibility index (Phi) is 4.63. The number of nitrogens with two attached hydrogens (primary N) is 1. The molecule has 1 fully saturated rings. The first-order valence-electron chi connectivity index (χ1n) is 6.62. The number of carbonyl (C=O) groups is 1. The highest BCUT2D eigenvalue weighted by Crippen LogP contribution is 2.24. The number of anilines is 1. The lowest BCUT2D eigenvalue weighted by Crippen LogP contribution is -2.36. The summed E-state index contributed by atoms with van der Waals surface area (Å²) in [6, 6.07) is 7.91. The third kappa shape index (κ3) is 4.13. The lowest BCUT2D eigenvalue weighted by molar-refractivity contribution is -0.121. The van der Waals surface area contributed by atoms with Gasteiger partial charge in [-0.25, -0.2) is 0 Å². The van der Waals surface area contributed by atoms with Crippen LogP contribution in [-0.4, -0.2) is 31.6 Å². The smallest absolute Gasteiger partial charge is 0.222 e. The normalized spacial score (nSPS) is 15.7. The molecule has 1 aromatic carbocycles. The molecular formula is C14H21N3O2. The van der Waals surface area contributed by atoms with E-state index < -0.39 is 0 Å². The Hall–Kier alpha value is -1.75. The predicted octanol–water partition coefficient (Wildman–Crippen LogP) is 1.10. The average molecular weight is 263 g/mol. The first-order valence-corrected chi connectivity index (χ1v) is 6.62. The second-order valence-corrected chi connectivity index (χ2v) is 4.82. The van der Waals surface area contributed by atoms with Crippen LogP contribution in [0.15, 0.2) is 24.3 Å². The highest BCUT2D eigenvalue weighted by molar-refractivity contribution is 5.78. The topological polar surface area (TPSA) is 76.4 Å². The molecule has 2 rings (SSSR count). The van der Waals surface area contributed by atoms with Gasteiger partial charge in [0, 0.05) is 25.0 Å². The van der Waals surface area contributed by atoms with E-state index in [9.17, 15) is 4.79 Å². The molecule has 104 valence electrons. The highest BCUT2D eigenvalue weighted by Gasteiger charge is 2.24. The summed E-state index contributed by atoms with van der Waals surface area (Å²) in [6.07, 6.45) is 2.57. The molecule has 4 N–H and O–H groups in total. The van der Waals surface area contributed by atoms with Gasteiger partial charge in [0.25, 0.3) is 0 Å². The van der Waals surface area contributed by atoms with E-state index in [4.69, 9.17) is 10.5 Å². The number of rotatable bonds is 7. The summed E-state index contributed by atoms with van der Waals surface area (Å²) in [5.41, 5.74) is 6.58. The van der Waals surface area contributed by atoms with Crippen molar-refractivity contribution in [3.63, 3.8) is 0 Å². The van der Waals surface area contributed by atoms with Crippen LogP contribution < -0.4 is 21.1 Å². The summed E-state index contributed by atoms with van der Waals surface area (Å²) < 4.78 is 5.27. The molecule has 0 aliphatic heterocycles. The van der Waals surface area contributed by atoms with Crippen LogP contribution in [0, 0.1) is 0 Å². The number of hydrogen-bond donors (Lipinski definition) is 3. The average Bonchev–Trinajstić information content (AvgIpc) is 3.22. The van der Waals surface area contributed by atoms with Crippen LogP contribution >= 0.6 is 0 Å². The second kappa shape index (κ2) is 6.43. The second-order valence-electron chi connectivity index (χ2n) is 4.82. The number of ether oxygens (including phenoxy) is 1. The van der Waals surface area contributed by atoms with Crippen molar-refractivity contribution >= 4 is 11.6 Å². The number of amides is 1. The lowest BCUT2D eigenvalue weighted by Gasteiger charge is -2.19. The Labute approximate surface area is 113 Å². The molecular weight excluding hydrogens is 242 g/mol. The van der Waals surface area contributed by atoms with Crippen LogP contribution in [0.4, 0.5) is 5.69 Å². The summed E-state index contributed by atoms with van der Waals surface area (Å²) in [4.78, 5) is 11.8. The van der Waals surface area contributed by atoms with Crippen LogP contribution in [0.1, 0.15) is 19.3 Å².